The summed E-state index contributed by atoms with van der Waals surface area (Å²) >= 11 is 0. The predicted octanol–water partition coefficient (Wildman–Crippen LogP) is 1.63. The largest absolute Gasteiger partial charge is 0.383 e. The van der Waals surface area contributed by atoms with Gasteiger partial charge in [-0.2, -0.15) is 5.26 Å². The summed E-state index contributed by atoms with van der Waals surface area (Å²) in [7, 11) is 1.56. The number of nitriles is 1. The molecule has 0 saturated heterocycles. The molecule has 0 fully saturated rings. The summed E-state index contributed by atoms with van der Waals surface area (Å²) in [5.74, 6) is 0.474. The summed E-state index contributed by atoms with van der Waals surface area (Å²) in [5, 5.41) is 11.7. The van der Waals surface area contributed by atoms with Gasteiger partial charge in [0.1, 0.15) is 5.82 Å². The molecule has 0 aliphatic carbocycles. The van der Waals surface area contributed by atoms with Crippen LogP contribution in [0.15, 0.2) is 33.9 Å². The van der Waals surface area contributed by atoms with Crippen LogP contribution in [-0.2, 0) is 29.0 Å². The highest BCUT2D eigenvalue weighted by atomic mass is 16.5. The molecule has 3 rings (SSSR count). The Labute approximate surface area is 184 Å². The molecule has 32 heavy (non-hydrogen) atoms. The molecule has 10 heteroatoms. The highest BCUT2D eigenvalue weighted by Crippen LogP contribution is 2.15. The first-order valence-electron chi connectivity index (χ1n) is 10.3. The minimum absolute atomic E-state index is 0.128. The van der Waals surface area contributed by atoms with E-state index in [1.54, 1.807) is 35.9 Å². The number of aryl methyl sites for hydroxylation is 1. The fourth-order valence-corrected chi connectivity index (χ4v) is 3.44. The van der Waals surface area contributed by atoms with Crippen LogP contribution in [0.2, 0.25) is 0 Å². The Morgan fingerprint density at radius 2 is 1.97 bits per heavy atom. The number of amides is 1. The molecule has 2 aromatic heterocycles. The van der Waals surface area contributed by atoms with Crippen LogP contribution in [0.3, 0.4) is 0 Å². The van der Waals surface area contributed by atoms with Crippen molar-refractivity contribution in [3.05, 3.63) is 56.5 Å². The monoisotopic (exact) mass is 438 g/mol. The van der Waals surface area contributed by atoms with Crippen LogP contribution in [0.5, 0.6) is 0 Å². The number of aromatic nitrogens is 4. The SMILES string of the molecule is COCCn1c(CCC(=O)Nc2ccc(C#N)cc2)nc2c1c(=O)[nH]c(=O)n2CC(C)C. The first-order valence-corrected chi connectivity index (χ1v) is 10.3. The Hall–Kier alpha value is -3.71. The number of benzene rings is 1. The third-order valence-electron chi connectivity index (χ3n) is 4.90. The molecule has 3 aromatic rings. The molecule has 10 nitrogen and oxygen atoms in total. The molecule has 0 bridgehead atoms. The standard InChI is InChI=1S/C22H26N6O4/c1-14(2)13-28-20-19(21(30)26-22(28)31)27(10-11-32-3)17(25-20)8-9-18(29)24-16-6-4-15(12-23)5-7-16/h4-7,14H,8-11,13H2,1-3H3,(H,24,29)(H,26,30,31). The number of carbonyl (C=O) groups is 1. The van der Waals surface area contributed by atoms with E-state index < -0.39 is 11.2 Å². The van der Waals surface area contributed by atoms with Gasteiger partial charge in [0.15, 0.2) is 11.2 Å². The molecular formula is C22H26N6O4. The maximum atomic E-state index is 12.6. The third kappa shape index (κ3) is 5.12. The number of nitrogens with zero attached hydrogens (tertiary/aromatic N) is 4. The van der Waals surface area contributed by atoms with Crippen molar-refractivity contribution >= 4 is 22.8 Å². The zero-order valence-corrected chi connectivity index (χ0v) is 18.3. The zero-order chi connectivity index (χ0) is 23.3. The van der Waals surface area contributed by atoms with Crippen molar-refractivity contribution in [2.75, 3.05) is 19.0 Å². The highest BCUT2D eigenvalue weighted by molar-refractivity contribution is 5.90. The molecule has 0 saturated carbocycles. The van der Waals surface area contributed by atoms with Crippen LogP contribution in [0.4, 0.5) is 5.69 Å². The lowest BCUT2D eigenvalue weighted by atomic mass is 10.2. The van der Waals surface area contributed by atoms with Gasteiger partial charge in [-0.3, -0.25) is 19.1 Å². The summed E-state index contributed by atoms with van der Waals surface area (Å²) in [6.45, 7) is 5.06. The molecule has 0 aliphatic rings. The van der Waals surface area contributed by atoms with Crippen molar-refractivity contribution in [1.29, 1.82) is 5.26 Å². The van der Waals surface area contributed by atoms with Crippen LogP contribution in [-0.4, -0.2) is 38.7 Å². The lowest BCUT2D eigenvalue weighted by Gasteiger charge is -2.10. The molecule has 0 aliphatic heterocycles. The van der Waals surface area contributed by atoms with E-state index in [0.717, 1.165) is 0 Å². The average molecular weight is 438 g/mol. The van der Waals surface area contributed by atoms with Crippen LogP contribution >= 0.6 is 0 Å². The number of anilines is 1. The Morgan fingerprint density at radius 3 is 2.59 bits per heavy atom. The summed E-state index contributed by atoms with van der Waals surface area (Å²) in [4.78, 5) is 44.4. The Kier molecular flexibility index (Phi) is 7.22. The Bertz CT molecular complexity index is 1260. The van der Waals surface area contributed by atoms with Crippen LogP contribution in [0.1, 0.15) is 31.7 Å². The number of hydrogen-bond acceptors (Lipinski definition) is 6. The number of aromatic amines is 1. The second kappa shape index (κ2) is 10.1. The van der Waals surface area contributed by atoms with Gasteiger partial charge < -0.3 is 14.6 Å². The number of rotatable bonds is 9. The van der Waals surface area contributed by atoms with E-state index in [4.69, 9.17) is 10.00 Å². The van der Waals surface area contributed by atoms with E-state index in [-0.39, 0.29) is 24.7 Å². The Balaban J connectivity index is 1.89. The molecular weight excluding hydrogens is 412 g/mol. The maximum Gasteiger partial charge on any atom is 0.330 e. The molecule has 2 heterocycles. The van der Waals surface area contributed by atoms with Gasteiger partial charge in [0.05, 0.1) is 18.2 Å². The average Bonchev–Trinajstić information content (AvgIpc) is 3.13. The van der Waals surface area contributed by atoms with E-state index in [1.165, 1.54) is 4.57 Å². The quantitative estimate of drug-likeness (QED) is 0.521. The van der Waals surface area contributed by atoms with Gasteiger partial charge in [-0.15, -0.1) is 0 Å². The maximum absolute atomic E-state index is 12.6. The lowest BCUT2D eigenvalue weighted by molar-refractivity contribution is -0.116. The van der Waals surface area contributed by atoms with Crippen molar-refractivity contribution in [2.45, 2.75) is 39.8 Å². The van der Waals surface area contributed by atoms with Gasteiger partial charge in [0.2, 0.25) is 5.91 Å². The number of nitrogens with one attached hydrogen (secondary N) is 2. The lowest BCUT2D eigenvalue weighted by Crippen LogP contribution is -2.32. The van der Waals surface area contributed by atoms with E-state index in [2.05, 4.69) is 15.3 Å². The number of carbonyl (C=O) groups excluding carboxylic acids is 1. The summed E-state index contributed by atoms with van der Waals surface area (Å²) in [6.07, 6.45) is 0.401. The van der Waals surface area contributed by atoms with E-state index >= 15 is 0 Å². The normalized spacial score (nSPS) is 11.1. The van der Waals surface area contributed by atoms with Gasteiger partial charge in [-0.25, -0.2) is 9.78 Å². The second-order valence-electron chi connectivity index (χ2n) is 7.85. The van der Waals surface area contributed by atoms with Gasteiger partial charge in [-0.1, -0.05) is 13.8 Å². The molecule has 0 radical (unpaired) electrons. The van der Waals surface area contributed by atoms with Crippen molar-refractivity contribution in [3.63, 3.8) is 0 Å². The fourth-order valence-electron chi connectivity index (χ4n) is 3.44. The zero-order valence-electron chi connectivity index (χ0n) is 18.3. The number of fused-ring (bicyclic) bond motifs is 1. The topological polar surface area (TPSA) is 135 Å². The molecule has 2 N–H and O–H groups in total. The second-order valence-corrected chi connectivity index (χ2v) is 7.85. The van der Waals surface area contributed by atoms with Gasteiger partial charge in [0.25, 0.3) is 5.56 Å². The Morgan fingerprint density at radius 1 is 1.25 bits per heavy atom. The number of imidazole rings is 1. The van der Waals surface area contributed by atoms with Crippen molar-refractivity contribution in [1.82, 2.24) is 19.1 Å². The van der Waals surface area contributed by atoms with E-state index in [1.807, 2.05) is 19.9 Å². The number of H-pyrrole nitrogens is 1. The molecule has 0 atom stereocenters. The minimum atomic E-state index is -0.512. The number of methoxy groups -OCH3 is 1. The van der Waals surface area contributed by atoms with Crippen molar-refractivity contribution < 1.29 is 9.53 Å². The van der Waals surface area contributed by atoms with Crippen molar-refractivity contribution in [2.24, 2.45) is 5.92 Å². The molecule has 0 unspecified atom stereocenters. The fraction of sp³-hybridized carbons (Fsp3) is 0.409. The molecule has 1 aromatic carbocycles. The number of hydrogen-bond donors (Lipinski definition) is 2. The van der Waals surface area contributed by atoms with Crippen molar-refractivity contribution in [3.8, 4) is 6.07 Å². The third-order valence-corrected chi connectivity index (χ3v) is 4.90. The van der Waals surface area contributed by atoms with Gasteiger partial charge in [-0.05, 0) is 30.2 Å². The minimum Gasteiger partial charge on any atom is -0.383 e. The summed E-state index contributed by atoms with van der Waals surface area (Å²) < 4.78 is 8.34. The van der Waals surface area contributed by atoms with Gasteiger partial charge in [0, 0.05) is 38.7 Å². The van der Waals surface area contributed by atoms with Crippen LogP contribution in [0.25, 0.3) is 11.2 Å². The molecule has 1 amide bonds. The van der Waals surface area contributed by atoms with Gasteiger partial charge >= 0.3 is 5.69 Å². The van der Waals surface area contributed by atoms with Crippen LogP contribution < -0.4 is 16.6 Å². The molecule has 0 spiro atoms. The predicted molar refractivity (Wildman–Crippen MR) is 119 cm³/mol. The van der Waals surface area contributed by atoms with Crippen LogP contribution in [0, 0.1) is 17.2 Å². The smallest absolute Gasteiger partial charge is 0.330 e. The first-order chi connectivity index (χ1) is 15.3. The summed E-state index contributed by atoms with van der Waals surface area (Å²) in [5.41, 5.74) is 0.687. The first kappa shape index (κ1) is 23.0. The van der Waals surface area contributed by atoms with E-state index in [9.17, 15) is 14.4 Å². The summed E-state index contributed by atoms with van der Waals surface area (Å²) in [6, 6.07) is 8.60. The number of ether oxygens (including phenoxy) is 1. The molecule has 168 valence electrons. The highest BCUT2D eigenvalue weighted by Gasteiger charge is 2.19. The van der Waals surface area contributed by atoms with E-state index in [0.29, 0.717) is 47.9 Å².